The van der Waals surface area contributed by atoms with E-state index in [1.54, 1.807) is 25.1 Å². The Morgan fingerprint density at radius 1 is 1.18 bits per heavy atom. The molecule has 0 aliphatic heterocycles. The smallest absolute Gasteiger partial charge is 0.359 e. The fourth-order valence-electron chi connectivity index (χ4n) is 1.60. The predicted molar refractivity (Wildman–Crippen MR) is 57.5 cm³/mol. The molecule has 0 spiro atoms. The maximum atomic E-state index is 13.1. The highest BCUT2D eigenvalue weighted by Crippen LogP contribution is 2.42. The molecule has 96 valence electrons. The largest absolute Gasteiger partial charge is 0.421 e. The number of rotatable bonds is 4. The van der Waals surface area contributed by atoms with E-state index in [1.807, 2.05) is 0 Å². The molecule has 1 aromatic carbocycles. The maximum Gasteiger partial charge on any atom is 0.421 e. The first-order valence-electron chi connectivity index (χ1n) is 5.08. The van der Waals surface area contributed by atoms with Gasteiger partial charge in [0.1, 0.15) is 6.79 Å². The monoisotopic (exact) mass is 248 g/mol. The van der Waals surface area contributed by atoms with Crippen LogP contribution in [0.5, 0.6) is 0 Å². The molecule has 0 fully saturated rings. The molecule has 0 amide bonds. The van der Waals surface area contributed by atoms with Crippen molar-refractivity contribution in [3.05, 3.63) is 35.4 Å². The predicted octanol–water partition coefficient (Wildman–Crippen LogP) is 3.39. The molecule has 1 unspecified atom stereocenters. The van der Waals surface area contributed by atoms with Gasteiger partial charge in [-0.25, -0.2) is 0 Å². The Hall–Kier alpha value is -1.07. The van der Waals surface area contributed by atoms with Crippen LogP contribution in [0.4, 0.5) is 13.2 Å². The van der Waals surface area contributed by atoms with Crippen molar-refractivity contribution in [2.45, 2.75) is 25.6 Å². The van der Waals surface area contributed by atoms with Gasteiger partial charge in [0.05, 0.1) is 0 Å². The van der Waals surface area contributed by atoms with Crippen molar-refractivity contribution < 1.29 is 22.6 Å². The van der Waals surface area contributed by atoms with Gasteiger partial charge < -0.3 is 9.47 Å². The molecule has 5 heteroatoms. The highest BCUT2D eigenvalue weighted by Gasteiger charge is 2.54. The minimum Gasteiger partial charge on any atom is -0.359 e. The zero-order valence-electron chi connectivity index (χ0n) is 9.97. The molecule has 0 aliphatic carbocycles. The van der Waals surface area contributed by atoms with Gasteiger partial charge in [0, 0.05) is 7.11 Å². The van der Waals surface area contributed by atoms with E-state index >= 15 is 0 Å². The zero-order chi connectivity index (χ0) is 13.1. The third kappa shape index (κ3) is 2.79. The molecule has 0 heterocycles. The van der Waals surface area contributed by atoms with Crippen molar-refractivity contribution >= 4 is 0 Å². The lowest BCUT2D eigenvalue weighted by Crippen LogP contribution is -2.43. The third-order valence-corrected chi connectivity index (χ3v) is 2.67. The van der Waals surface area contributed by atoms with Crippen LogP contribution in [-0.2, 0) is 15.1 Å². The molecule has 0 saturated carbocycles. The first-order valence-corrected chi connectivity index (χ1v) is 5.08. The van der Waals surface area contributed by atoms with Crippen LogP contribution in [0, 0.1) is 6.92 Å². The molecular formula is C12H15F3O2. The van der Waals surface area contributed by atoms with Gasteiger partial charge in [-0.05, 0) is 25.0 Å². The normalized spacial score (nSPS) is 15.6. The number of benzene rings is 1. The van der Waals surface area contributed by atoms with Crippen LogP contribution in [0.3, 0.4) is 0 Å². The summed E-state index contributed by atoms with van der Waals surface area (Å²) in [5, 5.41) is 0. The number of aryl methyl sites for hydroxylation is 1. The van der Waals surface area contributed by atoms with Gasteiger partial charge in [-0.2, -0.15) is 13.2 Å². The number of alkyl halides is 3. The summed E-state index contributed by atoms with van der Waals surface area (Å²) in [6.07, 6.45) is -4.50. The highest BCUT2D eigenvalue weighted by molar-refractivity contribution is 5.32. The van der Waals surface area contributed by atoms with E-state index < -0.39 is 18.6 Å². The second-order valence-electron chi connectivity index (χ2n) is 3.90. The van der Waals surface area contributed by atoms with Gasteiger partial charge >= 0.3 is 6.18 Å². The first kappa shape index (κ1) is 14.0. The van der Waals surface area contributed by atoms with Crippen LogP contribution >= 0.6 is 0 Å². The lowest BCUT2D eigenvalue weighted by atomic mass is 9.91. The average molecular weight is 248 g/mol. The Kier molecular flexibility index (Phi) is 4.16. The molecule has 0 N–H and O–H groups in total. The Labute approximate surface area is 98.3 Å². The number of methoxy groups -OCH3 is 1. The van der Waals surface area contributed by atoms with E-state index in [4.69, 9.17) is 4.74 Å². The van der Waals surface area contributed by atoms with E-state index in [-0.39, 0.29) is 5.56 Å². The van der Waals surface area contributed by atoms with Crippen LogP contribution in [0.2, 0.25) is 0 Å². The van der Waals surface area contributed by atoms with E-state index in [2.05, 4.69) is 4.74 Å². The number of hydrogen-bond donors (Lipinski definition) is 0. The van der Waals surface area contributed by atoms with Crippen LogP contribution in [-0.4, -0.2) is 20.1 Å². The van der Waals surface area contributed by atoms with E-state index in [1.165, 1.54) is 13.2 Å². The van der Waals surface area contributed by atoms with Crippen molar-refractivity contribution in [1.29, 1.82) is 0 Å². The van der Waals surface area contributed by atoms with E-state index in [9.17, 15) is 13.2 Å². The molecule has 0 saturated heterocycles. The fourth-order valence-corrected chi connectivity index (χ4v) is 1.60. The summed E-state index contributed by atoms with van der Waals surface area (Å²) < 4.78 is 48.8. The summed E-state index contributed by atoms with van der Waals surface area (Å²) in [6, 6.07) is 6.28. The van der Waals surface area contributed by atoms with Crippen LogP contribution < -0.4 is 0 Å². The quantitative estimate of drug-likeness (QED) is 0.760. The maximum absolute atomic E-state index is 13.1. The molecular weight excluding hydrogens is 233 g/mol. The Balaban J connectivity index is 3.20. The summed E-state index contributed by atoms with van der Waals surface area (Å²) >= 11 is 0. The number of ether oxygens (including phenoxy) is 2. The Bertz CT molecular complexity index is 376. The molecule has 0 radical (unpaired) electrons. The Morgan fingerprint density at radius 3 is 2.24 bits per heavy atom. The van der Waals surface area contributed by atoms with E-state index in [0.29, 0.717) is 5.56 Å². The summed E-state index contributed by atoms with van der Waals surface area (Å²) in [5.41, 5.74) is -1.72. The summed E-state index contributed by atoms with van der Waals surface area (Å²) in [4.78, 5) is 0. The molecule has 0 aromatic heterocycles. The summed E-state index contributed by atoms with van der Waals surface area (Å²) in [5.74, 6) is 0. The molecule has 0 aliphatic rings. The van der Waals surface area contributed by atoms with Crippen molar-refractivity contribution in [3.63, 3.8) is 0 Å². The summed E-state index contributed by atoms with van der Waals surface area (Å²) in [7, 11) is 1.29. The van der Waals surface area contributed by atoms with Crippen LogP contribution in [0.15, 0.2) is 24.3 Å². The van der Waals surface area contributed by atoms with Crippen molar-refractivity contribution in [2.75, 3.05) is 13.9 Å². The number of halogens is 3. The van der Waals surface area contributed by atoms with Gasteiger partial charge in [-0.15, -0.1) is 0 Å². The summed E-state index contributed by atoms with van der Waals surface area (Å²) in [6.45, 7) is 2.22. The third-order valence-electron chi connectivity index (χ3n) is 2.67. The van der Waals surface area contributed by atoms with Gasteiger partial charge in [-0.3, -0.25) is 0 Å². The minimum atomic E-state index is -4.50. The second-order valence-corrected chi connectivity index (χ2v) is 3.90. The topological polar surface area (TPSA) is 18.5 Å². The van der Waals surface area contributed by atoms with Crippen molar-refractivity contribution in [3.8, 4) is 0 Å². The standard InChI is InChI=1S/C12H15F3O2/c1-9-6-4-5-7-10(9)11(2,12(13,14)15)17-8-16-3/h4-7H,8H2,1-3H3. The SMILES string of the molecule is COCOC(C)(c1ccccc1C)C(F)(F)F. The molecule has 2 nitrogen and oxygen atoms in total. The van der Waals surface area contributed by atoms with Gasteiger partial charge in [0.2, 0.25) is 0 Å². The van der Waals surface area contributed by atoms with Gasteiger partial charge in [0.25, 0.3) is 0 Å². The van der Waals surface area contributed by atoms with Crippen LogP contribution in [0.1, 0.15) is 18.1 Å². The van der Waals surface area contributed by atoms with Crippen molar-refractivity contribution in [1.82, 2.24) is 0 Å². The zero-order valence-corrected chi connectivity index (χ0v) is 9.97. The van der Waals surface area contributed by atoms with Crippen molar-refractivity contribution in [2.24, 2.45) is 0 Å². The van der Waals surface area contributed by atoms with Gasteiger partial charge in [-0.1, -0.05) is 24.3 Å². The van der Waals surface area contributed by atoms with Crippen LogP contribution in [0.25, 0.3) is 0 Å². The minimum absolute atomic E-state index is 0.101. The lowest BCUT2D eigenvalue weighted by molar-refractivity contribution is -0.296. The molecule has 17 heavy (non-hydrogen) atoms. The average Bonchev–Trinajstić information content (AvgIpc) is 2.25. The molecule has 1 aromatic rings. The van der Waals surface area contributed by atoms with E-state index in [0.717, 1.165) is 6.92 Å². The highest BCUT2D eigenvalue weighted by atomic mass is 19.4. The fraction of sp³-hybridized carbons (Fsp3) is 0.500. The molecule has 0 bridgehead atoms. The Morgan fingerprint density at radius 2 is 1.76 bits per heavy atom. The van der Waals surface area contributed by atoms with Gasteiger partial charge in [0.15, 0.2) is 5.60 Å². The first-order chi connectivity index (χ1) is 7.83. The molecule has 1 rings (SSSR count). The lowest BCUT2D eigenvalue weighted by Gasteiger charge is -2.33. The second kappa shape index (κ2) is 5.06. The molecule has 1 atom stereocenters. The number of hydrogen-bond acceptors (Lipinski definition) is 2.